The molecule has 0 saturated carbocycles. The van der Waals surface area contributed by atoms with Gasteiger partial charge in [-0.05, 0) is 55.3 Å². The molecule has 0 radical (unpaired) electrons. The van der Waals surface area contributed by atoms with Gasteiger partial charge in [-0.2, -0.15) is 0 Å². The van der Waals surface area contributed by atoms with E-state index in [0.717, 1.165) is 27.7 Å². The Morgan fingerprint density at radius 3 is 2.48 bits per heavy atom. The van der Waals surface area contributed by atoms with Crippen molar-refractivity contribution >= 4 is 27.5 Å². The van der Waals surface area contributed by atoms with E-state index in [-0.39, 0.29) is 11.9 Å². The van der Waals surface area contributed by atoms with Crippen molar-refractivity contribution in [1.29, 1.82) is 0 Å². The minimum Gasteiger partial charge on any atom is -0.306 e. The Morgan fingerprint density at radius 2 is 1.86 bits per heavy atom. The number of rotatable bonds is 4. The number of aryl methyl sites for hydroxylation is 2. The molecule has 112 valence electrons. The fourth-order valence-electron chi connectivity index (χ4n) is 2.44. The summed E-state index contributed by atoms with van der Waals surface area (Å²) < 4.78 is 15.4. The lowest BCUT2D eigenvalue weighted by Crippen LogP contribution is -2.24. The van der Waals surface area contributed by atoms with Crippen LogP contribution in [0.4, 0.5) is 4.39 Å². The fourth-order valence-corrected chi connectivity index (χ4v) is 3.06. The molecule has 0 fully saturated rings. The quantitative estimate of drug-likeness (QED) is 0.743. The first-order chi connectivity index (χ1) is 9.93. The van der Waals surface area contributed by atoms with Gasteiger partial charge in [-0.25, -0.2) is 4.39 Å². The average molecular weight is 371 g/mol. The molecule has 4 heteroatoms. The van der Waals surface area contributed by atoms with Crippen molar-refractivity contribution in [1.82, 2.24) is 5.32 Å². The van der Waals surface area contributed by atoms with E-state index in [9.17, 15) is 4.39 Å². The topological polar surface area (TPSA) is 12.0 Å². The molecule has 0 aromatic heterocycles. The van der Waals surface area contributed by atoms with E-state index in [4.69, 9.17) is 11.6 Å². The van der Waals surface area contributed by atoms with Crippen molar-refractivity contribution in [3.8, 4) is 0 Å². The van der Waals surface area contributed by atoms with Crippen LogP contribution in [-0.4, -0.2) is 6.54 Å². The molecule has 2 aromatic rings. The maximum Gasteiger partial charge on any atom is 0.129 e. The zero-order chi connectivity index (χ0) is 15.6. The van der Waals surface area contributed by atoms with Gasteiger partial charge < -0.3 is 5.32 Å². The zero-order valence-corrected chi connectivity index (χ0v) is 14.6. The molecule has 0 heterocycles. The summed E-state index contributed by atoms with van der Waals surface area (Å²) in [5.41, 5.74) is 3.95. The van der Waals surface area contributed by atoms with Crippen molar-refractivity contribution < 1.29 is 4.39 Å². The minimum absolute atomic E-state index is 0.181. The number of nitrogens with one attached hydrogen (secondary N) is 1. The molecule has 2 rings (SSSR count). The van der Waals surface area contributed by atoms with Gasteiger partial charge in [-0.3, -0.25) is 0 Å². The summed E-state index contributed by atoms with van der Waals surface area (Å²) in [6.45, 7) is 6.84. The normalized spacial score (nSPS) is 12.5. The molecule has 0 aliphatic carbocycles. The van der Waals surface area contributed by atoms with Gasteiger partial charge in [0, 0.05) is 15.1 Å². The molecule has 1 nitrogen and oxygen atoms in total. The highest BCUT2D eigenvalue weighted by molar-refractivity contribution is 9.10. The second kappa shape index (κ2) is 6.91. The van der Waals surface area contributed by atoms with Crippen LogP contribution in [0.15, 0.2) is 34.8 Å². The summed E-state index contributed by atoms with van der Waals surface area (Å²) >= 11 is 9.39. The summed E-state index contributed by atoms with van der Waals surface area (Å²) in [4.78, 5) is 0. The number of benzene rings is 2. The highest BCUT2D eigenvalue weighted by atomic mass is 79.9. The Hall–Kier alpha value is -0.900. The first kappa shape index (κ1) is 16.5. The van der Waals surface area contributed by atoms with Gasteiger partial charge >= 0.3 is 0 Å². The Labute approximate surface area is 138 Å². The van der Waals surface area contributed by atoms with Crippen LogP contribution in [0.1, 0.15) is 35.2 Å². The monoisotopic (exact) mass is 369 g/mol. The van der Waals surface area contributed by atoms with Gasteiger partial charge in [0.1, 0.15) is 5.82 Å². The molecule has 0 spiro atoms. The molecular formula is C17H18BrClFN. The van der Waals surface area contributed by atoms with Crippen molar-refractivity contribution in [3.63, 3.8) is 0 Å². The van der Waals surface area contributed by atoms with Crippen molar-refractivity contribution in [2.75, 3.05) is 6.54 Å². The highest BCUT2D eigenvalue weighted by Gasteiger charge is 2.19. The first-order valence-corrected chi connectivity index (χ1v) is 8.06. The maximum atomic E-state index is 14.3. The number of halogens is 3. The van der Waals surface area contributed by atoms with Crippen LogP contribution in [0, 0.1) is 19.7 Å². The molecule has 1 N–H and O–H groups in total. The summed E-state index contributed by atoms with van der Waals surface area (Å²) in [5.74, 6) is -0.284. The van der Waals surface area contributed by atoms with Crippen LogP contribution in [0.5, 0.6) is 0 Å². The molecule has 0 amide bonds. The lowest BCUT2D eigenvalue weighted by Gasteiger charge is -2.22. The Bertz CT molecular complexity index is 657. The van der Waals surface area contributed by atoms with E-state index in [1.807, 2.05) is 20.8 Å². The second-order valence-electron chi connectivity index (χ2n) is 5.11. The third kappa shape index (κ3) is 3.65. The Balaban J connectivity index is 2.55. The summed E-state index contributed by atoms with van der Waals surface area (Å²) in [5, 5.41) is 3.78. The van der Waals surface area contributed by atoms with Crippen LogP contribution >= 0.6 is 27.5 Å². The largest absolute Gasteiger partial charge is 0.306 e. The molecule has 21 heavy (non-hydrogen) atoms. The molecular weight excluding hydrogens is 353 g/mol. The van der Waals surface area contributed by atoms with E-state index >= 15 is 0 Å². The second-order valence-corrected chi connectivity index (χ2v) is 6.41. The van der Waals surface area contributed by atoms with Crippen LogP contribution < -0.4 is 5.32 Å². The van der Waals surface area contributed by atoms with Crippen LogP contribution in [0.3, 0.4) is 0 Å². The summed E-state index contributed by atoms with van der Waals surface area (Å²) in [6, 6.07) is 8.83. The predicted molar refractivity (Wildman–Crippen MR) is 90.5 cm³/mol. The smallest absolute Gasteiger partial charge is 0.129 e. The van der Waals surface area contributed by atoms with Crippen LogP contribution in [0.25, 0.3) is 0 Å². The minimum atomic E-state index is -0.284. The maximum absolute atomic E-state index is 14.3. The van der Waals surface area contributed by atoms with Gasteiger partial charge in [0.05, 0.1) is 6.04 Å². The Morgan fingerprint density at radius 1 is 1.14 bits per heavy atom. The van der Waals surface area contributed by atoms with Gasteiger partial charge in [-0.1, -0.05) is 46.6 Å². The molecule has 1 atom stereocenters. The molecule has 0 bridgehead atoms. The predicted octanol–water partition coefficient (Wildman–Crippen LogP) is 5.56. The zero-order valence-electron chi connectivity index (χ0n) is 12.3. The van der Waals surface area contributed by atoms with E-state index in [1.165, 1.54) is 6.07 Å². The van der Waals surface area contributed by atoms with Gasteiger partial charge in [0.25, 0.3) is 0 Å². The number of hydrogen-bond donors (Lipinski definition) is 1. The number of hydrogen-bond acceptors (Lipinski definition) is 1. The highest BCUT2D eigenvalue weighted by Crippen LogP contribution is 2.31. The Kier molecular flexibility index (Phi) is 5.42. The summed E-state index contributed by atoms with van der Waals surface area (Å²) in [6.07, 6.45) is 0. The van der Waals surface area contributed by atoms with Crippen molar-refractivity contribution in [2.24, 2.45) is 0 Å². The summed E-state index contributed by atoms with van der Waals surface area (Å²) in [7, 11) is 0. The third-order valence-electron chi connectivity index (χ3n) is 3.54. The van der Waals surface area contributed by atoms with Crippen molar-refractivity contribution in [2.45, 2.75) is 26.8 Å². The van der Waals surface area contributed by atoms with E-state index in [0.29, 0.717) is 10.6 Å². The third-order valence-corrected chi connectivity index (χ3v) is 4.63. The van der Waals surface area contributed by atoms with Crippen molar-refractivity contribution in [3.05, 3.63) is 67.9 Å². The first-order valence-electron chi connectivity index (χ1n) is 6.89. The molecule has 2 aromatic carbocycles. The lowest BCUT2D eigenvalue weighted by molar-refractivity contribution is 0.557. The van der Waals surface area contributed by atoms with Gasteiger partial charge in [0.2, 0.25) is 0 Å². The van der Waals surface area contributed by atoms with E-state index < -0.39 is 0 Å². The van der Waals surface area contributed by atoms with E-state index in [2.05, 4.69) is 33.4 Å². The van der Waals surface area contributed by atoms with E-state index in [1.54, 1.807) is 12.1 Å². The average Bonchev–Trinajstić information content (AvgIpc) is 2.41. The molecule has 1 unspecified atom stereocenters. The molecule has 0 saturated heterocycles. The van der Waals surface area contributed by atoms with Crippen LogP contribution in [-0.2, 0) is 0 Å². The SMILES string of the molecule is CCNC(c1cc(C)c(Br)cc1C)c1ccc(Cl)cc1F. The molecule has 0 aliphatic heterocycles. The van der Waals surface area contributed by atoms with Gasteiger partial charge in [0.15, 0.2) is 0 Å². The van der Waals surface area contributed by atoms with Crippen LogP contribution in [0.2, 0.25) is 5.02 Å². The van der Waals surface area contributed by atoms with Gasteiger partial charge in [-0.15, -0.1) is 0 Å². The fraction of sp³-hybridized carbons (Fsp3) is 0.294. The standard InChI is InChI=1S/C17H18BrClFN/c1-4-21-17(13-6-5-12(19)9-16(13)20)14-7-11(3)15(18)8-10(14)2/h5-9,17,21H,4H2,1-3H3. The lowest BCUT2D eigenvalue weighted by atomic mass is 9.93. The molecule has 0 aliphatic rings.